The van der Waals surface area contributed by atoms with Crippen LogP contribution in [0.4, 0.5) is 5.82 Å². The first-order chi connectivity index (χ1) is 7.75. The van der Waals surface area contributed by atoms with Crippen molar-refractivity contribution in [3.05, 3.63) is 35.5 Å². The topological polar surface area (TPSA) is 72.7 Å². The lowest BCUT2D eigenvalue weighted by atomic mass is 10.4. The molecule has 82 valence electrons. The van der Waals surface area contributed by atoms with Crippen molar-refractivity contribution >= 4 is 27.7 Å². The van der Waals surface area contributed by atoms with Gasteiger partial charge in [0.2, 0.25) is 5.91 Å². The van der Waals surface area contributed by atoms with Gasteiger partial charge in [-0.05, 0) is 28.1 Å². The number of hydrogen-bond acceptors (Lipinski definition) is 4. The van der Waals surface area contributed by atoms with Crippen LogP contribution in [0.3, 0.4) is 0 Å². The van der Waals surface area contributed by atoms with Crippen molar-refractivity contribution in [1.82, 2.24) is 19.7 Å². The van der Waals surface area contributed by atoms with Gasteiger partial charge < -0.3 is 5.32 Å². The van der Waals surface area contributed by atoms with E-state index in [0.717, 1.165) is 4.47 Å². The number of carbonyl (C=O) groups excluding carboxylic acids is 1. The van der Waals surface area contributed by atoms with E-state index in [-0.39, 0.29) is 12.5 Å². The van der Waals surface area contributed by atoms with Gasteiger partial charge in [0.15, 0.2) is 0 Å². The number of amides is 1. The maximum Gasteiger partial charge on any atom is 0.247 e. The summed E-state index contributed by atoms with van der Waals surface area (Å²) < 4.78 is 2.17. The van der Waals surface area contributed by atoms with Crippen LogP contribution in [-0.4, -0.2) is 25.7 Å². The molecule has 0 fully saturated rings. The Hall–Kier alpha value is -1.76. The summed E-state index contributed by atoms with van der Waals surface area (Å²) in [6.45, 7) is 0.114. The predicted molar refractivity (Wildman–Crippen MR) is 60.6 cm³/mol. The van der Waals surface area contributed by atoms with Crippen molar-refractivity contribution in [3.8, 4) is 0 Å². The average Bonchev–Trinajstić information content (AvgIpc) is 2.74. The summed E-state index contributed by atoms with van der Waals surface area (Å²) in [5.74, 6) is 0.289. The zero-order valence-electron chi connectivity index (χ0n) is 8.17. The summed E-state index contributed by atoms with van der Waals surface area (Å²) in [5, 5.41) is 6.50. The number of carbonyl (C=O) groups is 1. The normalized spacial score (nSPS) is 10.1. The van der Waals surface area contributed by atoms with Crippen LogP contribution in [0.15, 0.2) is 35.5 Å². The zero-order chi connectivity index (χ0) is 11.4. The number of anilines is 1. The molecule has 2 aromatic rings. The molecule has 0 spiro atoms. The van der Waals surface area contributed by atoms with E-state index in [1.165, 1.54) is 17.3 Å². The third-order valence-corrected chi connectivity index (χ3v) is 2.43. The number of hydrogen-bond donors (Lipinski definition) is 1. The molecule has 2 heterocycles. The number of aromatic nitrogens is 4. The van der Waals surface area contributed by atoms with E-state index >= 15 is 0 Å². The van der Waals surface area contributed by atoms with Crippen LogP contribution in [0.5, 0.6) is 0 Å². The molecule has 0 atom stereocenters. The summed E-state index contributed by atoms with van der Waals surface area (Å²) in [5.41, 5.74) is 0. The molecule has 2 rings (SSSR count). The highest BCUT2D eigenvalue weighted by atomic mass is 79.9. The Morgan fingerprint density at radius 1 is 1.56 bits per heavy atom. The van der Waals surface area contributed by atoms with Crippen molar-refractivity contribution in [3.63, 3.8) is 0 Å². The van der Waals surface area contributed by atoms with Crippen molar-refractivity contribution in [1.29, 1.82) is 0 Å². The predicted octanol–water partition coefficient (Wildman–Crippen LogP) is 1.07. The summed E-state index contributed by atoms with van der Waals surface area (Å²) in [6, 6.07) is 3.58. The van der Waals surface area contributed by atoms with Gasteiger partial charge in [-0.15, -0.1) is 0 Å². The summed E-state index contributed by atoms with van der Waals surface area (Å²) in [6.07, 6.45) is 4.47. The molecule has 1 amide bonds. The van der Waals surface area contributed by atoms with Gasteiger partial charge in [0.25, 0.3) is 0 Å². The first kappa shape index (κ1) is 10.7. The van der Waals surface area contributed by atoms with Gasteiger partial charge in [-0.2, -0.15) is 5.10 Å². The van der Waals surface area contributed by atoms with Crippen LogP contribution < -0.4 is 5.32 Å². The highest BCUT2D eigenvalue weighted by Crippen LogP contribution is 2.17. The smallest absolute Gasteiger partial charge is 0.247 e. The van der Waals surface area contributed by atoms with E-state index in [0.29, 0.717) is 5.82 Å². The maximum absolute atomic E-state index is 11.6. The largest absolute Gasteiger partial charge is 0.308 e. The van der Waals surface area contributed by atoms with Gasteiger partial charge in [0.1, 0.15) is 25.0 Å². The lowest BCUT2D eigenvalue weighted by Crippen LogP contribution is -2.19. The monoisotopic (exact) mass is 281 g/mol. The molecule has 0 aliphatic rings. The Morgan fingerprint density at radius 3 is 3.12 bits per heavy atom. The Balaban J connectivity index is 2.00. The minimum Gasteiger partial charge on any atom is -0.308 e. The van der Waals surface area contributed by atoms with Gasteiger partial charge in [0, 0.05) is 6.20 Å². The SMILES string of the molecule is O=C(Cn1cncn1)Nc1ncccc1Br. The molecule has 0 aliphatic carbocycles. The van der Waals surface area contributed by atoms with Crippen molar-refractivity contribution in [2.45, 2.75) is 6.54 Å². The van der Waals surface area contributed by atoms with Crippen LogP contribution in [0.2, 0.25) is 0 Å². The molecule has 0 radical (unpaired) electrons. The molecule has 16 heavy (non-hydrogen) atoms. The number of pyridine rings is 1. The molecule has 1 N–H and O–H groups in total. The number of nitrogens with one attached hydrogen (secondary N) is 1. The third-order valence-electron chi connectivity index (χ3n) is 1.79. The minimum absolute atomic E-state index is 0.114. The molecule has 0 aromatic carbocycles. The first-order valence-electron chi connectivity index (χ1n) is 4.48. The van der Waals surface area contributed by atoms with Gasteiger partial charge in [-0.1, -0.05) is 0 Å². The zero-order valence-corrected chi connectivity index (χ0v) is 9.75. The Bertz CT molecular complexity index is 484. The molecule has 0 saturated carbocycles. The van der Waals surface area contributed by atoms with Crippen LogP contribution in [0.25, 0.3) is 0 Å². The third kappa shape index (κ3) is 2.63. The van der Waals surface area contributed by atoms with Gasteiger partial charge >= 0.3 is 0 Å². The molecule has 0 aliphatic heterocycles. The Labute approximate surface area is 99.8 Å². The second kappa shape index (κ2) is 4.84. The fourth-order valence-corrected chi connectivity index (χ4v) is 1.46. The van der Waals surface area contributed by atoms with E-state index in [4.69, 9.17) is 0 Å². The van der Waals surface area contributed by atoms with Crippen LogP contribution in [0, 0.1) is 0 Å². The molecule has 0 bridgehead atoms. The Morgan fingerprint density at radius 2 is 2.44 bits per heavy atom. The highest BCUT2D eigenvalue weighted by molar-refractivity contribution is 9.10. The molecule has 0 saturated heterocycles. The lowest BCUT2D eigenvalue weighted by Gasteiger charge is -2.05. The Kier molecular flexibility index (Phi) is 3.25. The molecule has 6 nitrogen and oxygen atoms in total. The molecular formula is C9H8BrN5O. The van der Waals surface area contributed by atoms with E-state index in [1.54, 1.807) is 18.3 Å². The van der Waals surface area contributed by atoms with Crippen LogP contribution in [-0.2, 0) is 11.3 Å². The van der Waals surface area contributed by atoms with E-state index < -0.39 is 0 Å². The fourth-order valence-electron chi connectivity index (χ4n) is 1.11. The van der Waals surface area contributed by atoms with E-state index in [1.807, 2.05) is 0 Å². The van der Waals surface area contributed by atoms with Crippen LogP contribution in [0.1, 0.15) is 0 Å². The summed E-state index contributed by atoms with van der Waals surface area (Å²) >= 11 is 3.29. The molecule has 7 heteroatoms. The average molecular weight is 282 g/mol. The fraction of sp³-hybridized carbons (Fsp3) is 0.111. The second-order valence-corrected chi connectivity index (χ2v) is 3.83. The standard InChI is InChI=1S/C9H8BrN5O/c10-7-2-1-3-12-9(7)14-8(16)4-15-6-11-5-13-15/h1-3,5-6H,4H2,(H,12,14,16). The summed E-state index contributed by atoms with van der Waals surface area (Å²) in [4.78, 5) is 19.3. The van der Waals surface area contributed by atoms with Gasteiger partial charge in [0.05, 0.1) is 4.47 Å². The maximum atomic E-state index is 11.6. The first-order valence-corrected chi connectivity index (χ1v) is 5.28. The van der Waals surface area contributed by atoms with Crippen molar-refractivity contribution in [2.75, 3.05) is 5.32 Å². The van der Waals surface area contributed by atoms with Crippen LogP contribution >= 0.6 is 15.9 Å². The quantitative estimate of drug-likeness (QED) is 0.914. The van der Waals surface area contributed by atoms with Gasteiger partial charge in [-0.25, -0.2) is 14.6 Å². The number of nitrogens with zero attached hydrogens (tertiary/aromatic N) is 4. The van der Waals surface area contributed by atoms with Crippen molar-refractivity contribution < 1.29 is 4.79 Å². The molecular weight excluding hydrogens is 274 g/mol. The molecule has 2 aromatic heterocycles. The second-order valence-electron chi connectivity index (χ2n) is 2.98. The summed E-state index contributed by atoms with van der Waals surface area (Å²) in [7, 11) is 0. The minimum atomic E-state index is -0.204. The number of rotatable bonds is 3. The lowest BCUT2D eigenvalue weighted by molar-refractivity contribution is -0.116. The van der Waals surface area contributed by atoms with E-state index in [9.17, 15) is 4.79 Å². The molecule has 0 unspecified atom stereocenters. The van der Waals surface area contributed by atoms with E-state index in [2.05, 4.69) is 36.3 Å². The van der Waals surface area contributed by atoms with Crippen molar-refractivity contribution in [2.24, 2.45) is 0 Å². The highest BCUT2D eigenvalue weighted by Gasteiger charge is 2.06. The van der Waals surface area contributed by atoms with Gasteiger partial charge in [-0.3, -0.25) is 4.79 Å². The number of halogens is 1.